The van der Waals surface area contributed by atoms with Gasteiger partial charge in [0.05, 0.1) is 0 Å². The summed E-state index contributed by atoms with van der Waals surface area (Å²) in [5.74, 6) is 0. The van der Waals surface area contributed by atoms with Crippen LogP contribution >= 0.6 is 0 Å². The maximum Gasteiger partial charge on any atom is 0.0376 e. The number of benzene rings is 1. The van der Waals surface area contributed by atoms with E-state index in [4.69, 9.17) is 0 Å². The highest BCUT2D eigenvalue weighted by Crippen LogP contribution is 2.23. The summed E-state index contributed by atoms with van der Waals surface area (Å²) in [6.07, 6.45) is 3.26. The molecule has 0 aromatic heterocycles. The van der Waals surface area contributed by atoms with Crippen molar-refractivity contribution in [2.45, 2.75) is 19.3 Å². The molecule has 1 aliphatic rings. The lowest BCUT2D eigenvalue weighted by Gasteiger charge is -2.02. The summed E-state index contributed by atoms with van der Waals surface area (Å²) in [5.41, 5.74) is 4.20. The van der Waals surface area contributed by atoms with Crippen LogP contribution in [0.3, 0.4) is 0 Å². The molecule has 0 saturated heterocycles. The number of anilines is 1. The van der Waals surface area contributed by atoms with Gasteiger partial charge in [0.25, 0.3) is 0 Å². The van der Waals surface area contributed by atoms with E-state index < -0.39 is 0 Å². The van der Waals surface area contributed by atoms with Crippen LogP contribution in [0.2, 0.25) is 0 Å². The van der Waals surface area contributed by atoms with Gasteiger partial charge in [-0.15, -0.1) is 0 Å². The van der Waals surface area contributed by atoms with Gasteiger partial charge in [0.15, 0.2) is 0 Å². The van der Waals surface area contributed by atoms with Gasteiger partial charge in [-0.1, -0.05) is 19.1 Å². The molecule has 1 radical (unpaired) electrons. The van der Waals surface area contributed by atoms with E-state index in [1.165, 1.54) is 23.2 Å². The van der Waals surface area contributed by atoms with Crippen LogP contribution in [0.15, 0.2) is 18.2 Å². The van der Waals surface area contributed by atoms with Crippen LogP contribution in [-0.4, -0.2) is 6.54 Å². The van der Waals surface area contributed by atoms with Crippen LogP contribution < -0.4 is 5.32 Å². The first-order valence-electron chi connectivity index (χ1n) is 4.55. The molecule has 1 aliphatic heterocycles. The van der Waals surface area contributed by atoms with Gasteiger partial charge < -0.3 is 5.32 Å². The highest BCUT2D eigenvalue weighted by Gasteiger charge is 2.08. The van der Waals surface area contributed by atoms with Crippen LogP contribution in [0.4, 0.5) is 5.69 Å². The second-order valence-electron chi connectivity index (χ2n) is 3.27. The summed E-state index contributed by atoms with van der Waals surface area (Å²) < 4.78 is 0. The van der Waals surface area contributed by atoms with Gasteiger partial charge >= 0.3 is 0 Å². The maximum absolute atomic E-state index is 3.85. The predicted molar refractivity (Wildman–Crippen MR) is 52.3 cm³/mol. The molecule has 1 N–H and O–H groups in total. The fraction of sp³-hybridized carbons (Fsp3) is 0.364. The van der Waals surface area contributed by atoms with Crippen molar-refractivity contribution in [2.75, 3.05) is 11.9 Å². The fourth-order valence-corrected chi connectivity index (χ4v) is 1.70. The van der Waals surface area contributed by atoms with Gasteiger partial charge in [0, 0.05) is 12.2 Å². The standard InChI is InChI=1S/C11H14N/c1-2-3-9-4-5-10-6-7-12-11(10)8-9/h4-5,8,12H,1-3,6-7H2. The molecule has 2 rings (SSSR count). The molecule has 63 valence electrons. The molecular formula is C11H14N. The topological polar surface area (TPSA) is 12.0 Å². The SMILES string of the molecule is [CH2]CCc1ccc2c(c1)NCC2. The number of hydrogen-bond acceptors (Lipinski definition) is 1. The number of rotatable bonds is 2. The van der Waals surface area contributed by atoms with Crippen molar-refractivity contribution in [2.24, 2.45) is 0 Å². The van der Waals surface area contributed by atoms with Crippen molar-refractivity contribution in [3.8, 4) is 0 Å². The van der Waals surface area contributed by atoms with Gasteiger partial charge in [0.2, 0.25) is 0 Å². The molecule has 0 amide bonds. The van der Waals surface area contributed by atoms with Gasteiger partial charge in [0.1, 0.15) is 0 Å². The van der Waals surface area contributed by atoms with E-state index in [1.54, 1.807) is 0 Å². The summed E-state index contributed by atoms with van der Waals surface area (Å²) in [6, 6.07) is 6.71. The molecule has 1 nitrogen and oxygen atoms in total. The van der Waals surface area contributed by atoms with Gasteiger partial charge in [-0.2, -0.15) is 0 Å². The smallest absolute Gasteiger partial charge is 0.0376 e. The van der Waals surface area contributed by atoms with Crippen LogP contribution in [0, 0.1) is 6.92 Å². The Labute approximate surface area is 73.8 Å². The maximum atomic E-state index is 3.85. The lowest BCUT2D eigenvalue weighted by molar-refractivity contribution is 0.999. The number of fused-ring (bicyclic) bond motifs is 1. The van der Waals surface area contributed by atoms with Crippen molar-refractivity contribution in [3.05, 3.63) is 36.2 Å². The molecule has 0 fully saturated rings. The first-order chi connectivity index (χ1) is 5.90. The zero-order valence-electron chi connectivity index (χ0n) is 7.27. The highest BCUT2D eigenvalue weighted by atomic mass is 14.9. The van der Waals surface area contributed by atoms with Crippen molar-refractivity contribution in [3.63, 3.8) is 0 Å². The minimum atomic E-state index is 0.985. The summed E-state index contributed by atoms with van der Waals surface area (Å²) in [7, 11) is 0. The second-order valence-corrected chi connectivity index (χ2v) is 3.27. The van der Waals surface area contributed by atoms with Crippen LogP contribution in [0.25, 0.3) is 0 Å². The normalized spacial score (nSPS) is 14.1. The third-order valence-corrected chi connectivity index (χ3v) is 2.35. The Morgan fingerprint density at radius 3 is 3.17 bits per heavy atom. The lowest BCUT2D eigenvalue weighted by Crippen LogP contribution is -1.91. The number of aryl methyl sites for hydroxylation is 1. The molecule has 12 heavy (non-hydrogen) atoms. The van der Waals surface area contributed by atoms with Crippen LogP contribution in [0.5, 0.6) is 0 Å². The van der Waals surface area contributed by atoms with Crippen molar-refractivity contribution >= 4 is 5.69 Å². The summed E-state index contributed by atoms with van der Waals surface area (Å²) >= 11 is 0. The molecule has 0 spiro atoms. The van der Waals surface area contributed by atoms with Gasteiger partial charge in [-0.3, -0.25) is 0 Å². The first-order valence-corrected chi connectivity index (χ1v) is 4.55. The Morgan fingerprint density at radius 1 is 1.42 bits per heavy atom. The Balaban J connectivity index is 2.26. The average molecular weight is 160 g/mol. The minimum Gasteiger partial charge on any atom is -0.384 e. The van der Waals surface area contributed by atoms with Crippen LogP contribution in [0.1, 0.15) is 17.5 Å². The Bertz CT molecular complexity index is 278. The van der Waals surface area contributed by atoms with Gasteiger partial charge in [-0.05, 0) is 36.5 Å². The van der Waals surface area contributed by atoms with Crippen molar-refractivity contribution < 1.29 is 0 Å². The minimum absolute atomic E-state index is 0.985. The molecule has 0 saturated carbocycles. The van der Waals surface area contributed by atoms with E-state index in [0.717, 1.165) is 19.4 Å². The quantitative estimate of drug-likeness (QED) is 0.700. The zero-order chi connectivity index (χ0) is 8.39. The van der Waals surface area contributed by atoms with E-state index >= 15 is 0 Å². The predicted octanol–water partition coefficient (Wildman–Crippen LogP) is 2.42. The van der Waals surface area contributed by atoms with E-state index in [9.17, 15) is 0 Å². The number of nitrogens with one attached hydrogen (secondary N) is 1. The monoisotopic (exact) mass is 160 g/mol. The van der Waals surface area contributed by atoms with Crippen molar-refractivity contribution in [1.82, 2.24) is 0 Å². The summed E-state index contributed by atoms with van der Waals surface area (Å²) in [4.78, 5) is 0. The first kappa shape index (κ1) is 7.66. The molecule has 1 aromatic carbocycles. The second kappa shape index (κ2) is 3.18. The van der Waals surface area contributed by atoms with Crippen LogP contribution in [-0.2, 0) is 12.8 Å². The van der Waals surface area contributed by atoms with Crippen molar-refractivity contribution in [1.29, 1.82) is 0 Å². The molecule has 0 atom stereocenters. The molecule has 0 unspecified atom stereocenters. The van der Waals surface area contributed by atoms with E-state index in [2.05, 4.69) is 30.4 Å². The third kappa shape index (κ3) is 1.31. The highest BCUT2D eigenvalue weighted by molar-refractivity contribution is 5.57. The third-order valence-electron chi connectivity index (χ3n) is 2.35. The fourth-order valence-electron chi connectivity index (χ4n) is 1.70. The molecular weight excluding hydrogens is 146 g/mol. The molecule has 0 aliphatic carbocycles. The molecule has 1 aromatic rings. The Hall–Kier alpha value is -0.980. The Morgan fingerprint density at radius 2 is 2.33 bits per heavy atom. The van der Waals surface area contributed by atoms with E-state index in [0.29, 0.717) is 0 Å². The summed E-state index contributed by atoms with van der Waals surface area (Å²) in [5, 5.41) is 3.38. The molecule has 1 heteroatoms. The number of hydrogen-bond donors (Lipinski definition) is 1. The molecule has 0 bridgehead atoms. The van der Waals surface area contributed by atoms with E-state index in [1.807, 2.05) is 0 Å². The largest absolute Gasteiger partial charge is 0.384 e. The zero-order valence-corrected chi connectivity index (χ0v) is 7.27. The Kier molecular flexibility index (Phi) is 2.03. The van der Waals surface area contributed by atoms with E-state index in [-0.39, 0.29) is 0 Å². The summed E-state index contributed by atoms with van der Waals surface area (Å²) in [6.45, 7) is 4.95. The van der Waals surface area contributed by atoms with Gasteiger partial charge in [-0.25, -0.2) is 0 Å². The molecule has 1 heterocycles. The average Bonchev–Trinajstić information content (AvgIpc) is 2.51. The lowest BCUT2D eigenvalue weighted by atomic mass is 10.1.